The van der Waals surface area contributed by atoms with Crippen molar-refractivity contribution in [3.8, 4) is 0 Å². The summed E-state index contributed by atoms with van der Waals surface area (Å²) < 4.78 is 0. The van der Waals surface area contributed by atoms with Gasteiger partial charge < -0.3 is 5.73 Å². The average molecular weight is 260 g/mol. The molecule has 0 saturated carbocycles. The van der Waals surface area contributed by atoms with Crippen LogP contribution in [0.15, 0.2) is 54.6 Å². The number of benzene rings is 2. The number of hydrogen-bond acceptors (Lipinski definition) is 1. The van der Waals surface area contributed by atoms with Crippen LogP contribution in [0.1, 0.15) is 17.0 Å². The molecule has 0 aliphatic carbocycles. The molecule has 0 aliphatic heterocycles. The van der Waals surface area contributed by atoms with E-state index in [1.54, 1.807) is 0 Å². The summed E-state index contributed by atoms with van der Waals surface area (Å²) in [5, 5.41) is 0.666. The largest absolute Gasteiger partial charge is 0.369 e. The molecule has 0 heterocycles. The highest BCUT2D eigenvalue weighted by molar-refractivity contribution is 6.31. The number of rotatable bonds is 4. The molecule has 18 heavy (non-hydrogen) atoms. The maximum Gasteiger partial charge on any atom is 0.225 e. The molecule has 0 spiro atoms. The van der Waals surface area contributed by atoms with Crippen molar-refractivity contribution in [2.75, 3.05) is 0 Å². The minimum absolute atomic E-state index is 0.332. The van der Waals surface area contributed by atoms with Gasteiger partial charge in [0.2, 0.25) is 5.91 Å². The minimum Gasteiger partial charge on any atom is -0.369 e. The van der Waals surface area contributed by atoms with Gasteiger partial charge in [-0.2, -0.15) is 0 Å². The second-order valence-corrected chi connectivity index (χ2v) is 4.57. The highest BCUT2D eigenvalue weighted by Crippen LogP contribution is 2.24. The lowest BCUT2D eigenvalue weighted by Gasteiger charge is -2.14. The molecule has 2 aromatic rings. The molecule has 2 aromatic carbocycles. The van der Waals surface area contributed by atoms with Crippen molar-refractivity contribution in [2.45, 2.75) is 12.3 Å². The molecule has 0 fully saturated rings. The number of amides is 1. The van der Waals surface area contributed by atoms with Crippen LogP contribution in [0, 0.1) is 0 Å². The molecule has 1 amide bonds. The van der Waals surface area contributed by atoms with Gasteiger partial charge in [-0.1, -0.05) is 60.1 Å². The van der Waals surface area contributed by atoms with E-state index in [9.17, 15) is 4.79 Å². The summed E-state index contributed by atoms with van der Waals surface area (Å²) in [6.45, 7) is 0. The third-order valence-electron chi connectivity index (χ3n) is 2.93. The Morgan fingerprint density at radius 2 is 1.67 bits per heavy atom. The molecule has 0 saturated heterocycles. The standard InChI is InChI=1S/C15H14ClNO/c16-14-9-5-4-8-12(14)10-13(15(17)18)11-6-2-1-3-7-11/h1-9,13H,10H2,(H2,17,18)/t13-/m0/s1. The lowest BCUT2D eigenvalue weighted by molar-refractivity contribution is -0.119. The zero-order chi connectivity index (χ0) is 13.0. The molecule has 0 aromatic heterocycles. The van der Waals surface area contributed by atoms with Crippen LogP contribution >= 0.6 is 11.6 Å². The highest BCUT2D eigenvalue weighted by Gasteiger charge is 2.19. The van der Waals surface area contributed by atoms with Crippen molar-refractivity contribution >= 4 is 17.5 Å². The Bertz CT molecular complexity index is 539. The molecule has 1 atom stereocenters. The monoisotopic (exact) mass is 259 g/mol. The first-order valence-corrected chi connectivity index (χ1v) is 6.14. The van der Waals surface area contributed by atoms with Crippen LogP contribution in [-0.2, 0) is 11.2 Å². The first-order valence-electron chi connectivity index (χ1n) is 5.76. The van der Waals surface area contributed by atoms with Gasteiger partial charge in [0.15, 0.2) is 0 Å². The first-order chi connectivity index (χ1) is 8.68. The summed E-state index contributed by atoms with van der Waals surface area (Å²) in [7, 11) is 0. The van der Waals surface area contributed by atoms with E-state index in [1.165, 1.54) is 0 Å². The lowest BCUT2D eigenvalue weighted by Crippen LogP contribution is -2.23. The van der Waals surface area contributed by atoms with Crippen LogP contribution in [0.5, 0.6) is 0 Å². The summed E-state index contributed by atoms with van der Waals surface area (Å²) in [6.07, 6.45) is 0.527. The number of hydrogen-bond donors (Lipinski definition) is 1. The second kappa shape index (κ2) is 5.69. The first kappa shape index (κ1) is 12.7. The maximum atomic E-state index is 11.6. The molecule has 92 valence electrons. The van der Waals surface area contributed by atoms with Crippen LogP contribution in [0.3, 0.4) is 0 Å². The zero-order valence-electron chi connectivity index (χ0n) is 9.84. The summed E-state index contributed by atoms with van der Waals surface area (Å²) >= 11 is 6.11. The van der Waals surface area contributed by atoms with E-state index in [0.717, 1.165) is 11.1 Å². The molecule has 0 radical (unpaired) electrons. The number of carbonyl (C=O) groups excluding carboxylic acids is 1. The van der Waals surface area contributed by atoms with Crippen molar-refractivity contribution in [1.29, 1.82) is 0 Å². The molecular weight excluding hydrogens is 246 g/mol. The second-order valence-electron chi connectivity index (χ2n) is 4.16. The van der Waals surface area contributed by atoms with Crippen molar-refractivity contribution in [1.82, 2.24) is 0 Å². The van der Waals surface area contributed by atoms with Gasteiger partial charge in [-0.05, 0) is 23.6 Å². The van der Waals surface area contributed by atoms with Gasteiger partial charge in [-0.3, -0.25) is 4.79 Å². The number of nitrogens with two attached hydrogens (primary N) is 1. The highest BCUT2D eigenvalue weighted by atomic mass is 35.5. The predicted octanol–water partition coefficient (Wildman–Crippen LogP) is 3.15. The van der Waals surface area contributed by atoms with Gasteiger partial charge in [0.05, 0.1) is 5.92 Å². The Labute approximate surface area is 111 Å². The molecule has 2 N–H and O–H groups in total. The van der Waals surface area contributed by atoms with Crippen LogP contribution in [-0.4, -0.2) is 5.91 Å². The number of carbonyl (C=O) groups is 1. The molecule has 0 unspecified atom stereocenters. The van der Waals surface area contributed by atoms with E-state index >= 15 is 0 Å². The molecular formula is C15H14ClNO. The van der Waals surface area contributed by atoms with Gasteiger partial charge in [-0.25, -0.2) is 0 Å². The van der Waals surface area contributed by atoms with Crippen LogP contribution < -0.4 is 5.73 Å². The SMILES string of the molecule is NC(=O)[C@@H](Cc1ccccc1Cl)c1ccccc1. The van der Waals surface area contributed by atoms with Gasteiger partial charge >= 0.3 is 0 Å². The van der Waals surface area contributed by atoms with Crippen LogP contribution in [0.4, 0.5) is 0 Å². The smallest absolute Gasteiger partial charge is 0.225 e. The molecule has 0 aliphatic rings. The van der Waals surface area contributed by atoms with Crippen molar-refractivity contribution in [2.24, 2.45) is 5.73 Å². The summed E-state index contributed by atoms with van der Waals surface area (Å²) in [4.78, 5) is 11.6. The third-order valence-corrected chi connectivity index (χ3v) is 3.30. The number of halogens is 1. The average Bonchev–Trinajstić information content (AvgIpc) is 2.38. The molecule has 3 heteroatoms. The fourth-order valence-corrected chi connectivity index (χ4v) is 2.16. The fourth-order valence-electron chi connectivity index (χ4n) is 1.95. The van der Waals surface area contributed by atoms with Crippen molar-refractivity contribution < 1.29 is 4.79 Å². The van der Waals surface area contributed by atoms with Gasteiger partial charge in [0, 0.05) is 5.02 Å². The Morgan fingerprint density at radius 1 is 1.06 bits per heavy atom. The van der Waals surface area contributed by atoms with E-state index in [1.807, 2.05) is 54.6 Å². The summed E-state index contributed by atoms with van der Waals surface area (Å²) in [6, 6.07) is 17.0. The third kappa shape index (κ3) is 2.90. The number of primary amides is 1. The fraction of sp³-hybridized carbons (Fsp3) is 0.133. The minimum atomic E-state index is -0.342. The summed E-state index contributed by atoms with van der Waals surface area (Å²) in [5.74, 6) is -0.674. The van der Waals surface area contributed by atoms with Crippen molar-refractivity contribution in [3.63, 3.8) is 0 Å². The Hall–Kier alpha value is -1.80. The Morgan fingerprint density at radius 3 is 2.28 bits per heavy atom. The van der Waals surface area contributed by atoms with Crippen LogP contribution in [0.25, 0.3) is 0 Å². The predicted molar refractivity (Wildman–Crippen MR) is 73.5 cm³/mol. The van der Waals surface area contributed by atoms with Gasteiger partial charge in [0.25, 0.3) is 0 Å². The Kier molecular flexibility index (Phi) is 4.00. The van der Waals surface area contributed by atoms with E-state index in [0.29, 0.717) is 11.4 Å². The van der Waals surface area contributed by atoms with Crippen molar-refractivity contribution in [3.05, 3.63) is 70.7 Å². The lowest BCUT2D eigenvalue weighted by atomic mass is 9.91. The van der Waals surface area contributed by atoms with Crippen LogP contribution in [0.2, 0.25) is 5.02 Å². The van der Waals surface area contributed by atoms with E-state index < -0.39 is 0 Å². The van der Waals surface area contributed by atoms with E-state index in [4.69, 9.17) is 17.3 Å². The zero-order valence-corrected chi connectivity index (χ0v) is 10.6. The van der Waals surface area contributed by atoms with Gasteiger partial charge in [-0.15, -0.1) is 0 Å². The van der Waals surface area contributed by atoms with E-state index in [-0.39, 0.29) is 11.8 Å². The topological polar surface area (TPSA) is 43.1 Å². The maximum absolute atomic E-state index is 11.6. The molecule has 2 nitrogen and oxygen atoms in total. The molecule has 0 bridgehead atoms. The quantitative estimate of drug-likeness (QED) is 0.901. The molecule has 2 rings (SSSR count). The summed E-state index contributed by atoms with van der Waals surface area (Å²) in [5.41, 5.74) is 7.34. The van der Waals surface area contributed by atoms with Gasteiger partial charge in [0.1, 0.15) is 0 Å². The Balaban J connectivity index is 2.28. The van der Waals surface area contributed by atoms with E-state index in [2.05, 4.69) is 0 Å². The normalized spacial score (nSPS) is 12.1.